The molecule has 3 saturated heterocycles. The highest BCUT2D eigenvalue weighted by Gasteiger charge is 2.32. The van der Waals surface area contributed by atoms with Crippen molar-refractivity contribution in [1.82, 2.24) is 9.80 Å². The van der Waals surface area contributed by atoms with Gasteiger partial charge in [-0.3, -0.25) is 9.69 Å². The standard InChI is InChI=1S/C14H24N2O3/c17-14-2-6-19-11-12(14)9-15-3-1-13(10-15)16-4-7-18-8-5-16/h12-13H,1-11H2. The van der Waals surface area contributed by atoms with E-state index in [2.05, 4.69) is 9.80 Å². The van der Waals surface area contributed by atoms with E-state index in [1.165, 1.54) is 6.42 Å². The molecule has 3 rings (SSSR count). The van der Waals surface area contributed by atoms with Crippen molar-refractivity contribution in [3.63, 3.8) is 0 Å². The number of carbonyl (C=O) groups excluding carboxylic acids is 1. The van der Waals surface area contributed by atoms with Crippen LogP contribution in [0.5, 0.6) is 0 Å². The SMILES string of the molecule is O=C1CCOCC1CN1CCC(N2CCOCC2)C1. The Balaban J connectivity index is 1.47. The van der Waals surface area contributed by atoms with Crippen molar-refractivity contribution < 1.29 is 14.3 Å². The molecule has 0 bridgehead atoms. The molecule has 0 aromatic rings. The number of rotatable bonds is 3. The van der Waals surface area contributed by atoms with Gasteiger partial charge in [-0.25, -0.2) is 0 Å². The van der Waals surface area contributed by atoms with Gasteiger partial charge in [0, 0.05) is 38.6 Å². The van der Waals surface area contributed by atoms with Crippen molar-refractivity contribution in [3.8, 4) is 0 Å². The van der Waals surface area contributed by atoms with Crippen LogP contribution in [0.1, 0.15) is 12.8 Å². The maximum atomic E-state index is 11.8. The lowest BCUT2D eigenvalue weighted by Gasteiger charge is -2.32. The fourth-order valence-electron chi connectivity index (χ4n) is 3.38. The molecule has 108 valence electrons. The summed E-state index contributed by atoms with van der Waals surface area (Å²) < 4.78 is 10.8. The van der Waals surface area contributed by atoms with Gasteiger partial charge >= 0.3 is 0 Å². The average molecular weight is 268 g/mol. The predicted molar refractivity (Wildman–Crippen MR) is 71.2 cm³/mol. The molecule has 3 fully saturated rings. The van der Waals surface area contributed by atoms with Crippen molar-refractivity contribution in [2.24, 2.45) is 5.92 Å². The molecule has 2 unspecified atom stereocenters. The molecule has 3 aliphatic rings. The first-order valence-corrected chi connectivity index (χ1v) is 7.47. The number of ketones is 1. The van der Waals surface area contributed by atoms with Crippen LogP contribution >= 0.6 is 0 Å². The van der Waals surface area contributed by atoms with Gasteiger partial charge in [-0.1, -0.05) is 0 Å². The fraction of sp³-hybridized carbons (Fsp3) is 0.929. The molecule has 0 spiro atoms. The molecule has 0 saturated carbocycles. The maximum absolute atomic E-state index is 11.8. The number of hydrogen-bond acceptors (Lipinski definition) is 5. The third-order valence-electron chi connectivity index (χ3n) is 4.56. The lowest BCUT2D eigenvalue weighted by Crippen LogP contribution is -2.45. The third kappa shape index (κ3) is 3.34. The summed E-state index contributed by atoms with van der Waals surface area (Å²) in [5, 5.41) is 0. The lowest BCUT2D eigenvalue weighted by molar-refractivity contribution is -0.131. The zero-order chi connectivity index (χ0) is 13.1. The van der Waals surface area contributed by atoms with Crippen molar-refractivity contribution in [3.05, 3.63) is 0 Å². The first kappa shape index (κ1) is 13.5. The van der Waals surface area contributed by atoms with E-state index in [0.717, 1.165) is 45.9 Å². The minimum absolute atomic E-state index is 0.109. The number of nitrogens with zero attached hydrogens (tertiary/aromatic N) is 2. The van der Waals surface area contributed by atoms with Gasteiger partial charge in [0.1, 0.15) is 5.78 Å². The summed E-state index contributed by atoms with van der Waals surface area (Å²) in [5.74, 6) is 0.498. The van der Waals surface area contributed by atoms with E-state index < -0.39 is 0 Å². The van der Waals surface area contributed by atoms with Gasteiger partial charge in [-0.15, -0.1) is 0 Å². The van der Waals surface area contributed by atoms with Crippen LogP contribution < -0.4 is 0 Å². The number of morpholine rings is 1. The van der Waals surface area contributed by atoms with Crippen LogP contribution in [0.4, 0.5) is 0 Å². The van der Waals surface area contributed by atoms with E-state index in [-0.39, 0.29) is 5.92 Å². The molecular weight excluding hydrogens is 244 g/mol. The van der Waals surface area contributed by atoms with Crippen molar-refractivity contribution in [1.29, 1.82) is 0 Å². The van der Waals surface area contributed by atoms with Gasteiger partial charge in [0.05, 0.1) is 32.3 Å². The number of carbonyl (C=O) groups is 1. The Hall–Kier alpha value is -0.490. The Kier molecular flexibility index (Phi) is 4.48. The molecule has 3 heterocycles. The zero-order valence-corrected chi connectivity index (χ0v) is 11.6. The first-order valence-electron chi connectivity index (χ1n) is 7.47. The fourth-order valence-corrected chi connectivity index (χ4v) is 3.38. The molecule has 0 radical (unpaired) electrons. The zero-order valence-electron chi connectivity index (χ0n) is 11.6. The largest absolute Gasteiger partial charge is 0.380 e. The molecule has 0 amide bonds. The second-order valence-corrected chi connectivity index (χ2v) is 5.84. The predicted octanol–water partition coefficient (Wildman–Crippen LogP) is -0.00150. The minimum atomic E-state index is 0.109. The highest BCUT2D eigenvalue weighted by molar-refractivity contribution is 5.82. The van der Waals surface area contributed by atoms with Crippen LogP contribution in [0.15, 0.2) is 0 Å². The minimum Gasteiger partial charge on any atom is -0.380 e. The van der Waals surface area contributed by atoms with Crippen LogP contribution in [-0.4, -0.2) is 80.8 Å². The lowest BCUT2D eigenvalue weighted by atomic mass is 10.0. The van der Waals surface area contributed by atoms with Crippen molar-refractivity contribution in [2.45, 2.75) is 18.9 Å². The average Bonchev–Trinajstić information content (AvgIpc) is 2.91. The van der Waals surface area contributed by atoms with Gasteiger partial charge in [-0.05, 0) is 13.0 Å². The van der Waals surface area contributed by atoms with Crippen LogP contribution in [0.25, 0.3) is 0 Å². The monoisotopic (exact) mass is 268 g/mol. The maximum Gasteiger partial charge on any atom is 0.141 e. The molecule has 0 aromatic carbocycles. The smallest absolute Gasteiger partial charge is 0.141 e. The topological polar surface area (TPSA) is 42.0 Å². The first-order chi connectivity index (χ1) is 9.33. The van der Waals surface area contributed by atoms with E-state index in [1.807, 2.05) is 0 Å². The summed E-state index contributed by atoms with van der Waals surface area (Å²) in [6.07, 6.45) is 1.83. The Morgan fingerprint density at radius 1 is 1.11 bits per heavy atom. The van der Waals surface area contributed by atoms with Gasteiger partial charge in [0.25, 0.3) is 0 Å². The Morgan fingerprint density at radius 3 is 2.74 bits per heavy atom. The molecule has 0 aromatic heterocycles. The molecule has 5 nitrogen and oxygen atoms in total. The molecule has 5 heteroatoms. The third-order valence-corrected chi connectivity index (χ3v) is 4.56. The molecule has 3 aliphatic heterocycles. The van der Waals surface area contributed by atoms with Gasteiger partial charge < -0.3 is 14.4 Å². The van der Waals surface area contributed by atoms with E-state index in [1.54, 1.807) is 0 Å². The number of Topliss-reactive ketones (excluding diaryl/α,β-unsaturated/α-hetero) is 1. The van der Waals surface area contributed by atoms with Crippen LogP contribution in [0, 0.1) is 5.92 Å². The highest BCUT2D eigenvalue weighted by atomic mass is 16.5. The summed E-state index contributed by atoms with van der Waals surface area (Å²) in [4.78, 5) is 16.8. The van der Waals surface area contributed by atoms with Gasteiger partial charge in [-0.2, -0.15) is 0 Å². The van der Waals surface area contributed by atoms with Gasteiger partial charge in [0.2, 0.25) is 0 Å². The Bertz CT molecular complexity index is 318. The van der Waals surface area contributed by atoms with E-state index in [4.69, 9.17) is 9.47 Å². The van der Waals surface area contributed by atoms with Crippen molar-refractivity contribution in [2.75, 3.05) is 59.2 Å². The van der Waals surface area contributed by atoms with Crippen LogP contribution in [-0.2, 0) is 14.3 Å². The quantitative estimate of drug-likeness (QED) is 0.721. The number of hydrogen-bond donors (Lipinski definition) is 0. The summed E-state index contributed by atoms with van der Waals surface area (Å²) in [6, 6.07) is 0.656. The molecular formula is C14H24N2O3. The van der Waals surface area contributed by atoms with Crippen molar-refractivity contribution >= 4 is 5.78 Å². The summed E-state index contributed by atoms with van der Waals surface area (Å²) in [5.41, 5.74) is 0. The van der Waals surface area contributed by atoms with Gasteiger partial charge in [0.15, 0.2) is 0 Å². The molecule has 0 aliphatic carbocycles. The summed E-state index contributed by atoms with van der Waals surface area (Å²) in [7, 11) is 0. The second kappa shape index (κ2) is 6.31. The molecule has 2 atom stereocenters. The van der Waals surface area contributed by atoms with E-state index in [9.17, 15) is 4.79 Å². The van der Waals surface area contributed by atoms with Crippen LogP contribution in [0.2, 0.25) is 0 Å². The Labute approximate surface area is 114 Å². The Morgan fingerprint density at radius 2 is 1.95 bits per heavy atom. The summed E-state index contributed by atoms with van der Waals surface area (Å²) >= 11 is 0. The second-order valence-electron chi connectivity index (χ2n) is 5.84. The van der Waals surface area contributed by atoms with Crippen LogP contribution in [0.3, 0.4) is 0 Å². The normalized spacial score (nSPS) is 34.8. The van der Waals surface area contributed by atoms with E-state index in [0.29, 0.717) is 31.5 Å². The summed E-state index contributed by atoms with van der Waals surface area (Å²) in [6.45, 7) is 8.20. The number of likely N-dealkylation sites (tertiary alicyclic amines) is 1. The molecule has 19 heavy (non-hydrogen) atoms. The molecule has 0 N–H and O–H groups in total. The highest BCUT2D eigenvalue weighted by Crippen LogP contribution is 2.20. The van der Waals surface area contributed by atoms with E-state index >= 15 is 0 Å². The number of ether oxygens (including phenoxy) is 2.